The van der Waals surface area contributed by atoms with Gasteiger partial charge in [0, 0.05) is 0 Å². The summed E-state index contributed by atoms with van der Waals surface area (Å²) in [6.45, 7) is 0. The van der Waals surface area contributed by atoms with Crippen molar-refractivity contribution in [2.45, 2.75) is 0 Å². The number of phosphoric acid groups is 1. The number of hydrogen-bond donors (Lipinski definition) is 3. The van der Waals surface area contributed by atoms with E-state index in [-0.39, 0.29) is 66.7 Å². The molecule has 0 saturated heterocycles. The smallest absolute Gasteiger partial charge is 0.303 e. The molecule has 0 unspecified atom stereocenters. The summed E-state index contributed by atoms with van der Waals surface area (Å²) in [5.74, 6) is 0. The molecular formula is H9Cl5FO4P. The van der Waals surface area contributed by atoms with Gasteiger partial charge in [0.15, 0.2) is 0 Å². The zero-order valence-electron chi connectivity index (χ0n) is 4.65. The van der Waals surface area contributed by atoms with Gasteiger partial charge in [0.05, 0.1) is 0 Å². The SMILES string of the molecule is Cl.Cl.Cl.Cl.Cl.F.O=P(O)(O)O. The van der Waals surface area contributed by atoms with Crippen molar-refractivity contribution in [2.24, 2.45) is 0 Å². The normalized spacial score (nSPS) is 5.36. The predicted molar refractivity (Wildman–Crippen MR) is 53.0 cm³/mol. The molecule has 4 nitrogen and oxygen atoms in total. The average Bonchev–Trinajstić information content (AvgIpc) is 0.722. The van der Waals surface area contributed by atoms with E-state index < -0.39 is 7.82 Å². The molecule has 0 amide bonds. The predicted octanol–water partition coefficient (Wildman–Crippen LogP) is 1.33. The minimum Gasteiger partial charge on any atom is -0.303 e. The molecular weight excluding hydrogens is 291 g/mol. The van der Waals surface area contributed by atoms with Crippen molar-refractivity contribution in [3.05, 3.63) is 0 Å². The summed E-state index contributed by atoms with van der Waals surface area (Å²) in [6, 6.07) is 0. The zero-order chi connectivity index (χ0) is 4.50. The monoisotopic (exact) mass is 298 g/mol. The molecule has 80 valence electrons. The third kappa shape index (κ3) is 466. The Kier molecular flexibility index (Phi) is 112. The second kappa shape index (κ2) is 22.5. The molecule has 0 saturated carbocycles. The zero-order valence-corrected chi connectivity index (χ0v) is 9.62. The number of hydrogen-bond acceptors (Lipinski definition) is 1. The summed E-state index contributed by atoms with van der Waals surface area (Å²) in [5, 5.41) is 0. The molecule has 0 aromatic rings. The van der Waals surface area contributed by atoms with Crippen molar-refractivity contribution >= 4 is 69.9 Å². The van der Waals surface area contributed by atoms with Crippen LogP contribution in [0.15, 0.2) is 0 Å². The standard InChI is InChI=1S/5ClH.FH.H3O4P/c;;;;;;1-5(2,3)4/h6*1H;(H3,1,2,3,4). The van der Waals surface area contributed by atoms with E-state index in [1.165, 1.54) is 0 Å². The first-order chi connectivity index (χ1) is 2.00. The van der Waals surface area contributed by atoms with E-state index in [1.54, 1.807) is 0 Å². The van der Waals surface area contributed by atoms with Gasteiger partial charge in [0.1, 0.15) is 0 Å². The van der Waals surface area contributed by atoms with Crippen LogP contribution in [0.25, 0.3) is 0 Å². The maximum atomic E-state index is 8.88. The van der Waals surface area contributed by atoms with Crippen LogP contribution in [0.1, 0.15) is 0 Å². The lowest BCUT2D eigenvalue weighted by molar-refractivity contribution is 0.275. The molecule has 0 aromatic carbocycles. The fraction of sp³-hybridized carbons (Fsp3) is 0. The second-order valence-electron chi connectivity index (χ2n) is 0.513. The highest BCUT2D eigenvalue weighted by Crippen LogP contribution is 2.25. The van der Waals surface area contributed by atoms with Gasteiger partial charge in [-0.2, -0.15) is 0 Å². The van der Waals surface area contributed by atoms with Gasteiger partial charge in [-0.25, -0.2) is 4.57 Å². The van der Waals surface area contributed by atoms with Crippen LogP contribution in [0.2, 0.25) is 0 Å². The highest BCUT2D eigenvalue weighted by Gasteiger charge is 2.00. The van der Waals surface area contributed by atoms with Crippen LogP contribution in [-0.4, -0.2) is 14.7 Å². The van der Waals surface area contributed by atoms with E-state index in [2.05, 4.69) is 0 Å². The summed E-state index contributed by atoms with van der Waals surface area (Å²) < 4.78 is 8.88. The molecule has 0 aliphatic heterocycles. The molecule has 0 fully saturated rings. The third-order valence-electron chi connectivity index (χ3n) is 0. The average molecular weight is 300 g/mol. The maximum absolute atomic E-state index is 8.88. The van der Waals surface area contributed by atoms with E-state index in [1.807, 2.05) is 0 Å². The molecule has 0 rings (SSSR count). The molecule has 0 spiro atoms. The molecule has 0 heterocycles. The van der Waals surface area contributed by atoms with E-state index in [0.717, 1.165) is 0 Å². The maximum Gasteiger partial charge on any atom is 0.466 e. The third-order valence-corrected chi connectivity index (χ3v) is 0. The van der Waals surface area contributed by atoms with E-state index >= 15 is 0 Å². The fourth-order valence-electron chi connectivity index (χ4n) is 0. The number of halogens is 6. The van der Waals surface area contributed by atoms with Crippen molar-refractivity contribution in [3.63, 3.8) is 0 Å². The van der Waals surface area contributed by atoms with Gasteiger partial charge >= 0.3 is 7.82 Å². The lowest BCUT2D eigenvalue weighted by atomic mass is 15.8. The molecule has 0 aromatic heterocycles. The summed E-state index contributed by atoms with van der Waals surface area (Å²) in [7, 11) is -4.64. The first-order valence-corrected chi connectivity index (χ1v) is 2.35. The topological polar surface area (TPSA) is 77.8 Å². The Morgan fingerprint density at radius 1 is 0.727 bits per heavy atom. The van der Waals surface area contributed by atoms with Crippen LogP contribution in [0.4, 0.5) is 4.70 Å². The summed E-state index contributed by atoms with van der Waals surface area (Å²) in [6.07, 6.45) is 0. The van der Waals surface area contributed by atoms with Crippen molar-refractivity contribution in [1.29, 1.82) is 0 Å². The highest BCUT2D eigenvalue weighted by atomic mass is 35.5. The van der Waals surface area contributed by atoms with E-state index in [0.29, 0.717) is 0 Å². The van der Waals surface area contributed by atoms with Gasteiger partial charge in [-0.3, -0.25) is 4.70 Å². The molecule has 0 radical (unpaired) electrons. The Bertz CT molecular complexity index is 64.6. The molecule has 0 aliphatic rings. The Morgan fingerprint density at radius 3 is 0.727 bits per heavy atom. The lowest BCUT2D eigenvalue weighted by Gasteiger charge is -1.82. The molecule has 0 bridgehead atoms. The van der Waals surface area contributed by atoms with Crippen LogP contribution >= 0.6 is 69.9 Å². The number of rotatable bonds is 0. The van der Waals surface area contributed by atoms with Gasteiger partial charge in [0.2, 0.25) is 0 Å². The summed E-state index contributed by atoms with van der Waals surface area (Å²) in [4.78, 5) is 21.6. The molecule has 0 aliphatic carbocycles. The second-order valence-corrected chi connectivity index (χ2v) is 1.54. The van der Waals surface area contributed by atoms with Gasteiger partial charge in [-0.1, -0.05) is 0 Å². The summed E-state index contributed by atoms with van der Waals surface area (Å²) >= 11 is 0. The van der Waals surface area contributed by atoms with Crippen LogP contribution in [-0.2, 0) is 4.57 Å². The molecule has 3 N–H and O–H groups in total. The Hall–Kier alpha value is 1.49. The Labute approximate surface area is 93.8 Å². The minimum atomic E-state index is -4.64. The van der Waals surface area contributed by atoms with Crippen molar-refractivity contribution < 1.29 is 23.9 Å². The largest absolute Gasteiger partial charge is 0.466 e. The molecule has 11 heteroatoms. The fourth-order valence-corrected chi connectivity index (χ4v) is 0. The first kappa shape index (κ1) is 54.7. The van der Waals surface area contributed by atoms with E-state index in [4.69, 9.17) is 19.2 Å². The van der Waals surface area contributed by atoms with Crippen molar-refractivity contribution in [3.8, 4) is 0 Å². The van der Waals surface area contributed by atoms with Gasteiger partial charge in [-0.15, -0.1) is 62.0 Å². The Morgan fingerprint density at radius 2 is 0.727 bits per heavy atom. The van der Waals surface area contributed by atoms with Gasteiger partial charge in [0.25, 0.3) is 0 Å². The van der Waals surface area contributed by atoms with Crippen LogP contribution in [0.5, 0.6) is 0 Å². The lowest BCUT2D eigenvalue weighted by Crippen LogP contribution is -1.66. The summed E-state index contributed by atoms with van der Waals surface area (Å²) in [5.41, 5.74) is 0. The minimum absolute atomic E-state index is 0. The van der Waals surface area contributed by atoms with Crippen LogP contribution < -0.4 is 0 Å². The molecule has 11 heavy (non-hydrogen) atoms. The highest BCUT2D eigenvalue weighted by molar-refractivity contribution is 7.45. The molecule has 0 atom stereocenters. The van der Waals surface area contributed by atoms with Crippen molar-refractivity contribution in [2.75, 3.05) is 0 Å². The van der Waals surface area contributed by atoms with Crippen molar-refractivity contribution in [1.82, 2.24) is 0 Å². The quantitative estimate of drug-likeness (QED) is 0.590. The first-order valence-electron chi connectivity index (χ1n) is 0.783. The van der Waals surface area contributed by atoms with Crippen LogP contribution in [0.3, 0.4) is 0 Å². The Balaban J connectivity index is -0.00000000533. The van der Waals surface area contributed by atoms with Crippen LogP contribution in [0, 0.1) is 0 Å². The van der Waals surface area contributed by atoms with E-state index in [9.17, 15) is 0 Å². The van der Waals surface area contributed by atoms with Gasteiger partial charge < -0.3 is 14.7 Å². The van der Waals surface area contributed by atoms with Gasteiger partial charge in [-0.05, 0) is 0 Å².